The quantitative estimate of drug-likeness (QED) is 0.427. The van der Waals surface area contributed by atoms with Crippen LogP contribution in [0.4, 0.5) is 0 Å². The summed E-state index contributed by atoms with van der Waals surface area (Å²) in [6.45, 7) is 5.91. The van der Waals surface area contributed by atoms with Gasteiger partial charge in [-0.1, -0.05) is 30.4 Å². The first-order chi connectivity index (χ1) is 15.8. The minimum atomic E-state index is -3.30. The van der Waals surface area contributed by atoms with Crippen LogP contribution < -0.4 is 9.54 Å². The SMILES string of the molecule is CCOC(=O)Cn1c(=NC(=O)Cc2ccc(S(=O)(=O)CC)cc2)sc2cc(OCC)ccc21. The molecule has 176 valence electrons. The Labute approximate surface area is 196 Å². The maximum atomic E-state index is 12.7. The van der Waals surface area contributed by atoms with Crippen LogP contribution in [0.2, 0.25) is 0 Å². The van der Waals surface area contributed by atoms with E-state index in [1.165, 1.54) is 23.5 Å². The second-order valence-electron chi connectivity index (χ2n) is 7.07. The Kier molecular flexibility index (Phi) is 8.04. The van der Waals surface area contributed by atoms with Gasteiger partial charge < -0.3 is 14.0 Å². The van der Waals surface area contributed by atoms with Crippen molar-refractivity contribution in [2.45, 2.75) is 38.6 Å². The molecule has 1 aromatic heterocycles. The Morgan fingerprint density at radius 1 is 1.03 bits per heavy atom. The number of esters is 1. The topological polar surface area (TPSA) is 104 Å². The Hall–Kier alpha value is -2.98. The third-order valence-electron chi connectivity index (χ3n) is 4.80. The normalized spacial score (nSPS) is 12.2. The third kappa shape index (κ3) is 6.08. The molecule has 3 aromatic rings. The standard InChI is InChI=1S/C23H26N2O6S2/c1-4-30-17-9-12-19-20(14-17)32-23(25(19)15-22(27)31-5-2)24-21(26)13-16-7-10-18(11-8-16)33(28,29)6-3/h7-12,14H,4-6,13,15H2,1-3H3. The zero-order valence-electron chi connectivity index (χ0n) is 18.7. The van der Waals surface area contributed by atoms with Crippen LogP contribution in [0.15, 0.2) is 52.4 Å². The molecule has 0 aliphatic rings. The van der Waals surface area contributed by atoms with E-state index >= 15 is 0 Å². The number of hydrogen-bond acceptors (Lipinski definition) is 7. The van der Waals surface area contributed by atoms with Crippen molar-refractivity contribution in [3.05, 3.63) is 52.8 Å². The number of aromatic nitrogens is 1. The number of fused-ring (bicyclic) bond motifs is 1. The molecule has 33 heavy (non-hydrogen) atoms. The van der Waals surface area contributed by atoms with Gasteiger partial charge in [0.2, 0.25) is 0 Å². The van der Waals surface area contributed by atoms with E-state index in [-0.39, 0.29) is 30.2 Å². The number of carbonyl (C=O) groups is 2. The van der Waals surface area contributed by atoms with Gasteiger partial charge in [0.15, 0.2) is 14.6 Å². The van der Waals surface area contributed by atoms with Gasteiger partial charge in [0.1, 0.15) is 12.3 Å². The Bertz CT molecular complexity index is 1320. The lowest BCUT2D eigenvalue weighted by Crippen LogP contribution is -2.23. The fourth-order valence-corrected chi connectivity index (χ4v) is 5.15. The van der Waals surface area contributed by atoms with E-state index in [9.17, 15) is 18.0 Å². The maximum absolute atomic E-state index is 12.7. The van der Waals surface area contributed by atoms with Gasteiger partial charge in [-0.2, -0.15) is 4.99 Å². The number of ether oxygens (including phenoxy) is 2. The number of thiazole rings is 1. The molecule has 0 saturated heterocycles. The first-order valence-corrected chi connectivity index (χ1v) is 13.0. The summed E-state index contributed by atoms with van der Waals surface area (Å²) < 4.78 is 37.0. The zero-order valence-corrected chi connectivity index (χ0v) is 20.4. The molecule has 0 bridgehead atoms. The number of benzene rings is 2. The van der Waals surface area contributed by atoms with Crippen molar-refractivity contribution in [2.75, 3.05) is 19.0 Å². The summed E-state index contributed by atoms with van der Waals surface area (Å²) in [6.07, 6.45) is 0.00427. The highest BCUT2D eigenvalue weighted by molar-refractivity contribution is 7.91. The van der Waals surface area contributed by atoms with Crippen LogP contribution in [0.5, 0.6) is 5.75 Å². The van der Waals surface area contributed by atoms with Crippen LogP contribution in [0.3, 0.4) is 0 Å². The van der Waals surface area contributed by atoms with Gasteiger partial charge in [-0.05, 0) is 49.7 Å². The molecule has 10 heteroatoms. The van der Waals surface area contributed by atoms with Gasteiger partial charge in [-0.25, -0.2) is 8.42 Å². The number of nitrogens with zero attached hydrogens (tertiary/aromatic N) is 2. The number of hydrogen-bond donors (Lipinski definition) is 0. The van der Waals surface area contributed by atoms with E-state index in [1.54, 1.807) is 36.6 Å². The minimum absolute atomic E-state index is 0.00427. The van der Waals surface area contributed by atoms with Crippen LogP contribution >= 0.6 is 11.3 Å². The van der Waals surface area contributed by atoms with E-state index in [0.29, 0.717) is 22.7 Å². The van der Waals surface area contributed by atoms with E-state index < -0.39 is 21.7 Å². The molecular weight excluding hydrogens is 464 g/mol. The molecule has 1 heterocycles. The molecule has 0 unspecified atom stereocenters. The number of sulfone groups is 1. The molecule has 1 amide bonds. The Morgan fingerprint density at radius 2 is 1.76 bits per heavy atom. The molecule has 0 atom stereocenters. The Morgan fingerprint density at radius 3 is 2.39 bits per heavy atom. The third-order valence-corrected chi connectivity index (χ3v) is 7.59. The van der Waals surface area contributed by atoms with Crippen LogP contribution in [0, 0.1) is 0 Å². The highest BCUT2D eigenvalue weighted by Crippen LogP contribution is 2.23. The summed E-state index contributed by atoms with van der Waals surface area (Å²) in [7, 11) is -3.30. The monoisotopic (exact) mass is 490 g/mol. The molecule has 8 nitrogen and oxygen atoms in total. The maximum Gasteiger partial charge on any atom is 0.326 e. The number of rotatable bonds is 9. The summed E-state index contributed by atoms with van der Waals surface area (Å²) in [4.78, 5) is 29.7. The second kappa shape index (κ2) is 10.8. The number of amides is 1. The van der Waals surface area contributed by atoms with Gasteiger partial charge in [0, 0.05) is 0 Å². The van der Waals surface area contributed by atoms with Crippen molar-refractivity contribution >= 4 is 43.3 Å². The molecule has 2 aromatic carbocycles. The predicted octanol–water partition coefficient (Wildman–Crippen LogP) is 3.13. The fourth-order valence-electron chi connectivity index (χ4n) is 3.19. The van der Waals surface area contributed by atoms with Gasteiger partial charge in [0.05, 0.1) is 40.5 Å². The van der Waals surface area contributed by atoms with Gasteiger partial charge >= 0.3 is 5.97 Å². The second-order valence-corrected chi connectivity index (χ2v) is 10.4. The summed E-state index contributed by atoms with van der Waals surface area (Å²) in [5.74, 6) is -0.129. The van der Waals surface area contributed by atoms with Crippen LogP contribution in [0.1, 0.15) is 26.3 Å². The fraction of sp³-hybridized carbons (Fsp3) is 0.348. The van der Waals surface area contributed by atoms with Crippen LogP contribution in [-0.2, 0) is 37.1 Å². The lowest BCUT2D eigenvalue weighted by Gasteiger charge is -2.06. The molecule has 0 aliphatic heterocycles. The summed E-state index contributed by atoms with van der Waals surface area (Å²) >= 11 is 1.28. The largest absolute Gasteiger partial charge is 0.494 e. The highest BCUT2D eigenvalue weighted by atomic mass is 32.2. The lowest BCUT2D eigenvalue weighted by molar-refractivity contribution is -0.143. The predicted molar refractivity (Wildman–Crippen MR) is 126 cm³/mol. The molecule has 0 saturated carbocycles. The molecule has 0 spiro atoms. The van der Waals surface area contributed by atoms with E-state index in [1.807, 2.05) is 19.1 Å². The van der Waals surface area contributed by atoms with E-state index in [0.717, 1.165) is 10.2 Å². The van der Waals surface area contributed by atoms with Gasteiger partial charge in [0.25, 0.3) is 5.91 Å². The van der Waals surface area contributed by atoms with Crippen molar-refractivity contribution in [3.8, 4) is 5.75 Å². The molecule has 0 radical (unpaired) electrons. The summed E-state index contributed by atoms with van der Waals surface area (Å²) in [6, 6.07) is 11.7. The van der Waals surface area contributed by atoms with E-state index in [2.05, 4.69) is 4.99 Å². The van der Waals surface area contributed by atoms with Gasteiger partial charge in [-0.15, -0.1) is 0 Å². The molecule has 0 aliphatic carbocycles. The number of carbonyl (C=O) groups excluding carboxylic acids is 2. The highest BCUT2D eigenvalue weighted by Gasteiger charge is 2.14. The average Bonchev–Trinajstić information content (AvgIpc) is 3.10. The van der Waals surface area contributed by atoms with Crippen molar-refractivity contribution in [1.29, 1.82) is 0 Å². The van der Waals surface area contributed by atoms with E-state index in [4.69, 9.17) is 9.47 Å². The summed E-state index contributed by atoms with van der Waals surface area (Å²) in [5.41, 5.74) is 1.40. The molecule has 0 fully saturated rings. The van der Waals surface area contributed by atoms with Gasteiger partial charge in [-0.3, -0.25) is 9.59 Å². The zero-order chi connectivity index (χ0) is 24.0. The van der Waals surface area contributed by atoms with Crippen molar-refractivity contribution in [3.63, 3.8) is 0 Å². The average molecular weight is 491 g/mol. The first-order valence-electron chi connectivity index (χ1n) is 10.6. The van der Waals surface area contributed by atoms with Crippen molar-refractivity contribution in [1.82, 2.24) is 4.57 Å². The van der Waals surface area contributed by atoms with Crippen molar-refractivity contribution in [2.24, 2.45) is 4.99 Å². The van der Waals surface area contributed by atoms with Crippen LogP contribution in [0.25, 0.3) is 10.2 Å². The van der Waals surface area contributed by atoms with Crippen LogP contribution in [-0.4, -0.2) is 43.8 Å². The smallest absolute Gasteiger partial charge is 0.326 e. The first kappa shape index (κ1) is 24.7. The lowest BCUT2D eigenvalue weighted by atomic mass is 10.1. The molecule has 0 N–H and O–H groups in total. The molecule has 3 rings (SSSR count). The Balaban J connectivity index is 1.93. The molecular formula is C23H26N2O6S2. The summed E-state index contributed by atoms with van der Waals surface area (Å²) in [5, 5.41) is 0. The minimum Gasteiger partial charge on any atom is -0.494 e. The van der Waals surface area contributed by atoms with Crippen molar-refractivity contribution < 1.29 is 27.5 Å².